The molecular weight excluding hydrogens is 533 g/mol. The number of hydrogen-bond acceptors (Lipinski definition) is 6. The summed E-state index contributed by atoms with van der Waals surface area (Å²) in [6.07, 6.45) is 0.638. The Kier molecular flexibility index (Phi) is 6.57. The van der Waals surface area contributed by atoms with Gasteiger partial charge in [0.15, 0.2) is 0 Å². The van der Waals surface area contributed by atoms with Crippen molar-refractivity contribution in [3.63, 3.8) is 0 Å². The fourth-order valence-corrected chi connectivity index (χ4v) is 7.68. The Balaban J connectivity index is 1.58. The second-order valence-corrected chi connectivity index (χ2v) is 11.2. The summed E-state index contributed by atoms with van der Waals surface area (Å²) in [5.74, 6) is -0.199. The maximum atomic E-state index is 11.6. The predicted molar refractivity (Wildman–Crippen MR) is 139 cm³/mol. The summed E-state index contributed by atoms with van der Waals surface area (Å²) in [5, 5.41) is 26.9. The molecule has 180 valence electrons. The second-order valence-electron chi connectivity index (χ2n) is 8.58. The molecule has 7 nitrogen and oxygen atoms in total. The summed E-state index contributed by atoms with van der Waals surface area (Å²) in [4.78, 5) is 22.7. The van der Waals surface area contributed by atoms with Crippen molar-refractivity contribution in [3.05, 3.63) is 102 Å². The van der Waals surface area contributed by atoms with Crippen LogP contribution in [0.4, 0.5) is 17.1 Å². The van der Waals surface area contributed by atoms with Crippen molar-refractivity contribution in [2.45, 2.75) is 33.9 Å². The largest absolute Gasteiger partial charge is 0.376 e. The first kappa shape index (κ1) is 24.2. The SMILES string of the molecule is O=[N+]([O-])c1cccc([C@@H]2Nc3c(Cl)cc(Cl)cc3[C@@H]3[C@H](Cl)[C@H](Sc4ccccc4[N+](=O)[O-])C[C@@H]32)c1. The third kappa shape index (κ3) is 4.44. The van der Waals surface area contributed by atoms with Crippen LogP contribution >= 0.6 is 46.6 Å². The molecule has 1 N–H and O–H groups in total. The normalized spacial score (nSPS) is 24.8. The lowest BCUT2D eigenvalue weighted by atomic mass is 9.77. The van der Waals surface area contributed by atoms with Gasteiger partial charge in [-0.25, -0.2) is 0 Å². The fourth-order valence-electron chi connectivity index (χ4n) is 5.18. The number of nitro benzene ring substituents is 2. The molecule has 0 amide bonds. The van der Waals surface area contributed by atoms with E-state index in [0.29, 0.717) is 27.0 Å². The van der Waals surface area contributed by atoms with Gasteiger partial charge >= 0.3 is 0 Å². The number of non-ortho nitro benzene ring substituents is 1. The molecule has 1 aliphatic carbocycles. The van der Waals surface area contributed by atoms with E-state index in [4.69, 9.17) is 34.8 Å². The van der Waals surface area contributed by atoms with Crippen molar-refractivity contribution in [1.82, 2.24) is 0 Å². The average Bonchev–Trinajstić information content (AvgIpc) is 3.15. The molecule has 1 fully saturated rings. The summed E-state index contributed by atoms with van der Waals surface area (Å²) in [7, 11) is 0. The predicted octanol–water partition coefficient (Wildman–Crippen LogP) is 7.85. The van der Waals surface area contributed by atoms with Crippen molar-refractivity contribution in [1.29, 1.82) is 0 Å². The van der Waals surface area contributed by atoms with Crippen molar-refractivity contribution < 1.29 is 9.85 Å². The van der Waals surface area contributed by atoms with Gasteiger partial charge in [-0.3, -0.25) is 20.2 Å². The van der Waals surface area contributed by atoms with Gasteiger partial charge in [-0.15, -0.1) is 23.4 Å². The molecule has 0 aromatic heterocycles. The Labute approximate surface area is 220 Å². The van der Waals surface area contributed by atoms with Gasteiger partial charge in [-0.2, -0.15) is 0 Å². The van der Waals surface area contributed by atoms with Gasteiger partial charge in [-0.1, -0.05) is 47.5 Å². The molecule has 3 aromatic rings. The molecular formula is C24H18Cl3N3O4S. The van der Waals surface area contributed by atoms with E-state index >= 15 is 0 Å². The summed E-state index contributed by atoms with van der Waals surface area (Å²) in [6, 6.07) is 16.4. The molecule has 3 aromatic carbocycles. The van der Waals surface area contributed by atoms with Crippen LogP contribution in [-0.4, -0.2) is 20.5 Å². The summed E-state index contributed by atoms with van der Waals surface area (Å²) in [5.41, 5.74) is 2.39. The monoisotopic (exact) mass is 549 g/mol. The van der Waals surface area contributed by atoms with E-state index in [1.54, 1.807) is 36.4 Å². The van der Waals surface area contributed by atoms with Gasteiger partial charge < -0.3 is 5.32 Å². The van der Waals surface area contributed by atoms with Gasteiger partial charge in [0.2, 0.25) is 0 Å². The average molecular weight is 551 g/mol. The van der Waals surface area contributed by atoms with Crippen LogP contribution < -0.4 is 5.32 Å². The number of benzene rings is 3. The third-order valence-electron chi connectivity index (χ3n) is 6.62. The van der Waals surface area contributed by atoms with Crippen LogP contribution in [0, 0.1) is 26.1 Å². The lowest BCUT2D eigenvalue weighted by molar-refractivity contribution is -0.387. The second kappa shape index (κ2) is 9.50. The highest BCUT2D eigenvalue weighted by molar-refractivity contribution is 8.00. The summed E-state index contributed by atoms with van der Waals surface area (Å²) >= 11 is 21.4. The minimum absolute atomic E-state index is 0.0000979. The van der Waals surface area contributed by atoms with Crippen LogP contribution in [0.15, 0.2) is 65.6 Å². The smallest absolute Gasteiger partial charge is 0.282 e. The number of halogens is 3. The number of para-hydroxylation sites is 1. The fraction of sp³-hybridized carbons (Fsp3) is 0.250. The van der Waals surface area contributed by atoms with E-state index < -0.39 is 9.85 Å². The Bertz CT molecular complexity index is 1340. The molecule has 0 radical (unpaired) electrons. The van der Waals surface area contributed by atoms with E-state index in [0.717, 1.165) is 11.1 Å². The molecule has 0 spiro atoms. The number of nitro groups is 2. The molecule has 5 rings (SSSR count). The quantitative estimate of drug-likeness (QED) is 0.197. The molecule has 1 saturated carbocycles. The molecule has 0 unspecified atom stereocenters. The molecule has 11 heteroatoms. The number of nitrogens with zero attached hydrogens (tertiary/aromatic N) is 2. The minimum atomic E-state index is -0.420. The van der Waals surface area contributed by atoms with Gasteiger partial charge in [0.05, 0.1) is 36.9 Å². The lowest BCUT2D eigenvalue weighted by Crippen LogP contribution is -2.31. The maximum absolute atomic E-state index is 11.6. The highest BCUT2D eigenvalue weighted by atomic mass is 35.5. The Hall–Kier alpha value is -2.52. The molecule has 1 heterocycles. The lowest BCUT2D eigenvalue weighted by Gasteiger charge is -2.38. The Morgan fingerprint density at radius 2 is 1.74 bits per heavy atom. The van der Waals surface area contributed by atoms with E-state index in [-0.39, 0.29) is 39.9 Å². The first-order valence-electron chi connectivity index (χ1n) is 10.8. The number of anilines is 1. The van der Waals surface area contributed by atoms with E-state index in [9.17, 15) is 20.2 Å². The molecule has 5 atom stereocenters. The highest BCUT2D eigenvalue weighted by Gasteiger charge is 2.51. The topological polar surface area (TPSA) is 98.3 Å². The van der Waals surface area contributed by atoms with Crippen LogP contribution in [0.1, 0.15) is 29.5 Å². The number of thioether (sulfide) groups is 1. The van der Waals surface area contributed by atoms with E-state index in [1.165, 1.54) is 23.9 Å². The molecule has 35 heavy (non-hydrogen) atoms. The van der Waals surface area contributed by atoms with Crippen LogP contribution in [-0.2, 0) is 0 Å². The van der Waals surface area contributed by atoms with Crippen molar-refractivity contribution in [3.8, 4) is 0 Å². The number of fused-ring (bicyclic) bond motifs is 3. The Morgan fingerprint density at radius 3 is 2.49 bits per heavy atom. The zero-order valence-electron chi connectivity index (χ0n) is 17.9. The van der Waals surface area contributed by atoms with Gasteiger partial charge in [0, 0.05) is 34.4 Å². The minimum Gasteiger partial charge on any atom is -0.376 e. The highest BCUT2D eigenvalue weighted by Crippen LogP contribution is 2.59. The van der Waals surface area contributed by atoms with E-state index in [2.05, 4.69) is 5.32 Å². The molecule has 2 aliphatic rings. The van der Waals surface area contributed by atoms with Crippen LogP contribution in [0.3, 0.4) is 0 Å². The first-order chi connectivity index (χ1) is 16.7. The van der Waals surface area contributed by atoms with Crippen LogP contribution in [0.25, 0.3) is 0 Å². The zero-order valence-corrected chi connectivity index (χ0v) is 21.0. The molecule has 0 bridgehead atoms. The zero-order chi connectivity index (χ0) is 24.9. The van der Waals surface area contributed by atoms with Crippen LogP contribution in [0.2, 0.25) is 10.0 Å². The number of rotatable bonds is 5. The van der Waals surface area contributed by atoms with E-state index in [1.807, 2.05) is 12.1 Å². The number of alkyl halides is 1. The third-order valence-corrected chi connectivity index (χ3v) is 9.25. The van der Waals surface area contributed by atoms with Crippen molar-refractivity contribution in [2.24, 2.45) is 5.92 Å². The van der Waals surface area contributed by atoms with Gasteiger partial charge in [0.25, 0.3) is 11.4 Å². The first-order valence-corrected chi connectivity index (χ1v) is 12.9. The van der Waals surface area contributed by atoms with Gasteiger partial charge in [0.1, 0.15) is 0 Å². The maximum Gasteiger partial charge on any atom is 0.282 e. The summed E-state index contributed by atoms with van der Waals surface area (Å²) < 4.78 is 0. The van der Waals surface area contributed by atoms with Crippen molar-refractivity contribution in [2.75, 3.05) is 5.32 Å². The van der Waals surface area contributed by atoms with Crippen LogP contribution in [0.5, 0.6) is 0 Å². The molecule has 0 saturated heterocycles. The Morgan fingerprint density at radius 1 is 0.971 bits per heavy atom. The van der Waals surface area contributed by atoms with Gasteiger partial charge in [-0.05, 0) is 41.7 Å². The standard InChI is InChI=1S/C24H18Cl3N3O4S/c25-13-9-15-21-16(11-20(22(21)27)35-19-7-2-1-6-18(19)30(33)34)23(28-24(15)17(26)10-13)12-4-3-5-14(8-12)29(31)32/h1-10,16,20-23,28H,11H2/t16-,20+,21-,22+,23-/m0/s1. The molecule has 1 aliphatic heterocycles. The van der Waals surface area contributed by atoms with Crippen molar-refractivity contribution >= 4 is 63.6 Å². The number of hydrogen-bond donors (Lipinski definition) is 1. The summed E-state index contributed by atoms with van der Waals surface area (Å²) in [6.45, 7) is 0. The number of nitrogens with one attached hydrogen (secondary N) is 1.